The summed E-state index contributed by atoms with van der Waals surface area (Å²) in [5.74, 6) is -2.57. The largest absolute Gasteiger partial charge is 0.479 e. The molecule has 0 radical (unpaired) electrons. The number of hydrogen-bond donors (Lipinski definition) is 2. The number of hydrogen-bond acceptors (Lipinski definition) is 6. The van der Waals surface area contributed by atoms with Crippen molar-refractivity contribution in [2.75, 3.05) is 11.5 Å². The van der Waals surface area contributed by atoms with E-state index in [-0.39, 0.29) is 15.7 Å². The van der Waals surface area contributed by atoms with Crippen LogP contribution in [0.15, 0.2) is 77.8 Å². The first-order valence-corrected chi connectivity index (χ1v) is 12.4. The van der Waals surface area contributed by atoms with Crippen LogP contribution in [-0.2, 0) is 20.4 Å². The van der Waals surface area contributed by atoms with Crippen LogP contribution in [0.3, 0.4) is 0 Å². The molecule has 3 rings (SSSR count). The van der Waals surface area contributed by atoms with Crippen LogP contribution in [0.1, 0.15) is 5.69 Å². The normalized spacial score (nSPS) is 13.5. The van der Waals surface area contributed by atoms with Gasteiger partial charge in [0.2, 0.25) is 0 Å². The van der Waals surface area contributed by atoms with Crippen molar-refractivity contribution in [2.45, 2.75) is 16.2 Å². The molecular formula is C22H20ClNO5S2. The number of halogens is 1. The number of pyridine rings is 1. The number of nitrogens with zero attached hydrogens (tertiary/aromatic N) is 1. The number of carboxylic acids is 1. The molecule has 0 saturated heterocycles. The highest BCUT2D eigenvalue weighted by atomic mass is 35.5. The number of carboxylic acid groups (broad SMARTS) is 1. The van der Waals surface area contributed by atoms with Crippen LogP contribution in [0, 0.1) is 0 Å². The van der Waals surface area contributed by atoms with Gasteiger partial charge >= 0.3 is 5.97 Å². The van der Waals surface area contributed by atoms with E-state index in [4.69, 9.17) is 11.6 Å². The van der Waals surface area contributed by atoms with Gasteiger partial charge in [0.25, 0.3) is 0 Å². The Morgan fingerprint density at radius 2 is 1.77 bits per heavy atom. The maximum absolute atomic E-state index is 13.2. The van der Waals surface area contributed by atoms with Gasteiger partial charge in [-0.25, -0.2) is 13.2 Å². The van der Waals surface area contributed by atoms with Crippen LogP contribution in [0.25, 0.3) is 11.1 Å². The van der Waals surface area contributed by atoms with E-state index >= 15 is 0 Å². The maximum Gasteiger partial charge on any atom is 0.337 e. The summed E-state index contributed by atoms with van der Waals surface area (Å²) in [7, 11) is -4.20. The summed E-state index contributed by atoms with van der Waals surface area (Å²) < 4.78 is 26.5. The molecule has 0 aliphatic heterocycles. The minimum Gasteiger partial charge on any atom is -0.479 e. The molecule has 9 heteroatoms. The standard InChI is InChI=1S/C22H20ClNO5S2/c23-17-9-10-19(16-6-2-1-3-7-16)20(12-17)31(28,29)15-22(27,21(25)26)14-30-13-18-8-4-5-11-24-18/h1-12,27H,13-15H2,(H,25,26). The van der Waals surface area contributed by atoms with E-state index in [0.29, 0.717) is 22.6 Å². The van der Waals surface area contributed by atoms with Crippen LogP contribution in [0.4, 0.5) is 0 Å². The Labute approximate surface area is 189 Å². The van der Waals surface area contributed by atoms with Gasteiger partial charge in [-0.3, -0.25) is 4.98 Å². The summed E-state index contributed by atoms with van der Waals surface area (Å²) >= 11 is 7.14. The average molecular weight is 478 g/mol. The molecule has 0 spiro atoms. The first-order chi connectivity index (χ1) is 14.7. The quantitative estimate of drug-likeness (QED) is 0.481. The predicted molar refractivity (Wildman–Crippen MR) is 122 cm³/mol. The summed E-state index contributed by atoms with van der Waals surface area (Å²) in [6.45, 7) is 0. The molecule has 2 aromatic carbocycles. The Balaban J connectivity index is 1.88. The highest BCUT2D eigenvalue weighted by Crippen LogP contribution is 2.32. The molecule has 0 saturated carbocycles. The van der Waals surface area contributed by atoms with E-state index in [9.17, 15) is 23.4 Å². The van der Waals surface area contributed by atoms with Crippen molar-refractivity contribution in [1.29, 1.82) is 0 Å². The molecule has 1 aromatic heterocycles. The molecule has 0 bridgehead atoms. The molecule has 162 valence electrons. The Morgan fingerprint density at radius 1 is 1.06 bits per heavy atom. The molecule has 1 unspecified atom stereocenters. The average Bonchev–Trinajstić information content (AvgIpc) is 2.74. The van der Waals surface area contributed by atoms with Crippen molar-refractivity contribution in [3.8, 4) is 11.1 Å². The lowest BCUT2D eigenvalue weighted by Gasteiger charge is -2.23. The van der Waals surface area contributed by atoms with Gasteiger partial charge in [0.05, 0.1) is 16.3 Å². The van der Waals surface area contributed by atoms with Crippen molar-refractivity contribution in [3.63, 3.8) is 0 Å². The second kappa shape index (κ2) is 9.82. The van der Waals surface area contributed by atoms with Gasteiger partial charge in [-0.05, 0) is 29.8 Å². The van der Waals surface area contributed by atoms with Crippen molar-refractivity contribution in [1.82, 2.24) is 4.98 Å². The Morgan fingerprint density at radius 3 is 2.42 bits per heavy atom. The predicted octanol–water partition coefficient (Wildman–Crippen LogP) is 3.92. The number of rotatable bonds is 9. The Hall–Kier alpha value is -2.39. The van der Waals surface area contributed by atoms with Gasteiger partial charge < -0.3 is 10.2 Å². The molecule has 31 heavy (non-hydrogen) atoms. The zero-order valence-corrected chi connectivity index (χ0v) is 18.7. The lowest BCUT2D eigenvalue weighted by atomic mass is 10.1. The molecule has 1 heterocycles. The van der Waals surface area contributed by atoms with Crippen molar-refractivity contribution in [2.24, 2.45) is 0 Å². The fourth-order valence-corrected chi connectivity index (χ4v) is 6.22. The van der Waals surface area contributed by atoms with Crippen molar-refractivity contribution < 1.29 is 23.4 Å². The summed E-state index contributed by atoms with van der Waals surface area (Å²) in [4.78, 5) is 15.8. The minimum atomic E-state index is -4.20. The number of benzene rings is 2. The summed E-state index contributed by atoms with van der Waals surface area (Å²) in [5, 5.41) is 20.5. The lowest BCUT2D eigenvalue weighted by molar-refractivity contribution is -0.153. The Kier molecular flexibility index (Phi) is 7.38. The van der Waals surface area contributed by atoms with Gasteiger partial charge in [0.1, 0.15) is 0 Å². The zero-order chi connectivity index (χ0) is 22.5. The monoisotopic (exact) mass is 477 g/mol. The smallest absolute Gasteiger partial charge is 0.337 e. The third-order valence-corrected chi connectivity index (χ3v) is 7.79. The summed E-state index contributed by atoms with van der Waals surface area (Å²) in [6.07, 6.45) is 1.61. The van der Waals surface area contributed by atoms with Crippen molar-refractivity contribution in [3.05, 3.63) is 83.6 Å². The fourth-order valence-electron chi connectivity index (χ4n) is 2.97. The molecular weight excluding hydrogens is 458 g/mol. The molecule has 0 aliphatic rings. The zero-order valence-electron chi connectivity index (χ0n) is 16.3. The SMILES string of the molecule is O=C(O)C(O)(CSCc1ccccn1)CS(=O)(=O)c1cc(Cl)ccc1-c1ccccc1. The van der Waals surface area contributed by atoms with E-state index in [1.807, 2.05) is 0 Å². The first kappa shape index (κ1) is 23.3. The molecule has 2 N–H and O–H groups in total. The number of aromatic nitrogens is 1. The third kappa shape index (κ3) is 5.86. The van der Waals surface area contributed by atoms with E-state index < -0.39 is 27.2 Å². The minimum absolute atomic E-state index is 0.124. The van der Waals surface area contributed by atoms with Crippen LogP contribution in [-0.4, -0.2) is 46.7 Å². The van der Waals surface area contributed by atoms with Gasteiger partial charge in [-0.2, -0.15) is 11.8 Å². The maximum atomic E-state index is 13.2. The van der Waals surface area contributed by atoms with Crippen LogP contribution in [0.2, 0.25) is 5.02 Å². The van der Waals surface area contributed by atoms with E-state index in [1.54, 1.807) is 66.9 Å². The summed E-state index contributed by atoms with van der Waals surface area (Å²) in [6, 6.07) is 18.5. The molecule has 1 atom stereocenters. The van der Waals surface area contributed by atoms with E-state index in [0.717, 1.165) is 11.8 Å². The Bertz CT molecular complexity index is 1160. The molecule has 0 amide bonds. The fraction of sp³-hybridized carbons (Fsp3) is 0.182. The third-order valence-electron chi connectivity index (χ3n) is 4.51. The number of aliphatic carboxylic acids is 1. The van der Waals surface area contributed by atoms with E-state index in [2.05, 4.69) is 4.98 Å². The number of sulfone groups is 1. The van der Waals surface area contributed by atoms with Crippen LogP contribution in [0.5, 0.6) is 0 Å². The van der Waals surface area contributed by atoms with Crippen LogP contribution < -0.4 is 0 Å². The second-order valence-corrected chi connectivity index (χ2v) is 10.3. The van der Waals surface area contributed by atoms with Crippen LogP contribution >= 0.6 is 23.4 Å². The number of carbonyl (C=O) groups is 1. The topological polar surface area (TPSA) is 105 Å². The number of thioether (sulfide) groups is 1. The van der Waals surface area contributed by atoms with Gasteiger partial charge in [-0.1, -0.05) is 54.1 Å². The summed E-state index contributed by atoms with van der Waals surface area (Å²) in [5.41, 5.74) is -0.751. The second-order valence-electron chi connectivity index (χ2n) is 6.92. The molecule has 0 fully saturated rings. The molecule has 6 nitrogen and oxygen atoms in total. The highest BCUT2D eigenvalue weighted by Gasteiger charge is 2.42. The van der Waals surface area contributed by atoms with E-state index in [1.165, 1.54) is 6.07 Å². The van der Waals surface area contributed by atoms with Gasteiger partial charge in [-0.15, -0.1) is 0 Å². The first-order valence-electron chi connectivity index (χ1n) is 9.22. The highest BCUT2D eigenvalue weighted by molar-refractivity contribution is 7.98. The van der Waals surface area contributed by atoms with Gasteiger partial charge in [0.15, 0.2) is 15.4 Å². The molecule has 3 aromatic rings. The number of aliphatic hydroxyl groups is 1. The lowest BCUT2D eigenvalue weighted by Crippen LogP contribution is -2.47. The van der Waals surface area contributed by atoms with Crippen molar-refractivity contribution >= 4 is 39.2 Å². The molecule has 0 aliphatic carbocycles. The van der Waals surface area contributed by atoms with Gasteiger partial charge in [0, 0.05) is 28.3 Å².